The van der Waals surface area contributed by atoms with Gasteiger partial charge in [-0.3, -0.25) is 9.69 Å². The van der Waals surface area contributed by atoms with Crippen LogP contribution >= 0.6 is 0 Å². The maximum absolute atomic E-state index is 12.5. The highest BCUT2D eigenvalue weighted by molar-refractivity contribution is 5.80. The summed E-state index contributed by atoms with van der Waals surface area (Å²) in [6, 6.07) is 8.44. The zero-order valence-corrected chi connectivity index (χ0v) is 19.5. The van der Waals surface area contributed by atoms with E-state index in [9.17, 15) is 4.79 Å². The van der Waals surface area contributed by atoms with Crippen molar-refractivity contribution in [2.24, 2.45) is 17.3 Å². The van der Waals surface area contributed by atoms with E-state index in [2.05, 4.69) is 63.8 Å². The average Bonchev–Trinajstić information content (AvgIpc) is 2.59. The molecule has 0 bridgehead atoms. The Morgan fingerprint density at radius 1 is 1.14 bits per heavy atom. The van der Waals surface area contributed by atoms with E-state index in [1.807, 2.05) is 11.9 Å². The van der Waals surface area contributed by atoms with Gasteiger partial charge in [-0.1, -0.05) is 66.0 Å². The Kier molecular flexibility index (Phi) is 9.01. The molecule has 1 aliphatic rings. The summed E-state index contributed by atoms with van der Waals surface area (Å²) in [5.74, 6) is 2.19. The molecule has 0 aromatic heterocycles. The van der Waals surface area contributed by atoms with Crippen LogP contribution in [0.25, 0.3) is 0 Å². The molecule has 4 nitrogen and oxygen atoms in total. The van der Waals surface area contributed by atoms with E-state index >= 15 is 0 Å². The molecular weight excluding hydrogens is 360 g/mol. The van der Waals surface area contributed by atoms with Gasteiger partial charge < -0.3 is 9.64 Å². The van der Waals surface area contributed by atoms with Crippen LogP contribution in [0.2, 0.25) is 0 Å². The summed E-state index contributed by atoms with van der Waals surface area (Å²) in [5, 5.41) is 0. The lowest BCUT2D eigenvalue weighted by Crippen LogP contribution is -2.54. The summed E-state index contributed by atoms with van der Waals surface area (Å²) in [4.78, 5) is 16.8. The summed E-state index contributed by atoms with van der Waals surface area (Å²) < 4.78 is 5.86. The molecule has 4 heteroatoms. The van der Waals surface area contributed by atoms with Gasteiger partial charge >= 0.3 is 0 Å². The number of rotatable bonds is 11. The predicted octanol–water partition coefficient (Wildman–Crippen LogP) is 5.22. The highest BCUT2D eigenvalue weighted by Crippen LogP contribution is 2.23. The van der Waals surface area contributed by atoms with E-state index in [1.54, 1.807) is 0 Å². The average molecular weight is 403 g/mol. The van der Waals surface area contributed by atoms with Crippen molar-refractivity contribution in [3.05, 3.63) is 29.8 Å². The van der Waals surface area contributed by atoms with E-state index in [1.165, 1.54) is 24.8 Å². The number of carbonyl (C=O) groups excluding carboxylic acids is 1. The van der Waals surface area contributed by atoms with Crippen LogP contribution in [0.4, 0.5) is 0 Å². The third-order valence-electron chi connectivity index (χ3n) is 5.42. The Morgan fingerprint density at radius 2 is 1.79 bits per heavy atom. The molecule has 0 N–H and O–H groups in total. The van der Waals surface area contributed by atoms with Gasteiger partial charge in [0, 0.05) is 33.2 Å². The van der Waals surface area contributed by atoms with Gasteiger partial charge in [-0.2, -0.15) is 0 Å². The van der Waals surface area contributed by atoms with E-state index in [0.717, 1.165) is 50.9 Å². The Balaban J connectivity index is 1.64. The van der Waals surface area contributed by atoms with Crippen molar-refractivity contribution in [1.82, 2.24) is 9.80 Å². The van der Waals surface area contributed by atoms with E-state index < -0.39 is 0 Å². The van der Waals surface area contributed by atoms with Crippen molar-refractivity contribution in [2.45, 2.75) is 66.8 Å². The zero-order valence-electron chi connectivity index (χ0n) is 19.5. The lowest BCUT2D eigenvalue weighted by atomic mass is 9.93. The van der Waals surface area contributed by atoms with Crippen LogP contribution in [0, 0.1) is 17.3 Å². The lowest BCUT2D eigenvalue weighted by Gasteiger charge is -2.41. The lowest BCUT2D eigenvalue weighted by molar-refractivity contribution is -0.141. The van der Waals surface area contributed by atoms with Gasteiger partial charge in [0.2, 0.25) is 5.91 Å². The van der Waals surface area contributed by atoms with Gasteiger partial charge in [0.15, 0.2) is 0 Å². The Hall–Kier alpha value is -1.55. The third-order valence-corrected chi connectivity index (χ3v) is 5.42. The molecule has 0 aliphatic carbocycles. The topological polar surface area (TPSA) is 32.8 Å². The molecular formula is C25H42N2O2. The zero-order chi connectivity index (χ0) is 21.4. The van der Waals surface area contributed by atoms with Gasteiger partial charge in [-0.15, -0.1) is 0 Å². The summed E-state index contributed by atoms with van der Waals surface area (Å²) >= 11 is 0. The maximum Gasteiger partial charge on any atom is 0.228 e. The highest BCUT2D eigenvalue weighted by Gasteiger charge is 2.34. The maximum atomic E-state index is 12.5. The largest absolute Gasteiger partial charge is 0.494 e. The fraction of sp³-hybridized carbons (Fsp3) is 0.720. The summed E-state index contributed by atoms with van der Waals surface area (Å²) in [6.07, 6.45) is 4.98. The summed E-state index contributed by atoms with van der Waals surface area (Å²) in [6.45, 7) is 15.3. The van der Waals surface area contributed by atoms with Gasteiger partial charge in [-0.05, 0) is 35.4 Å². The van der Waals surface area contributed by atoms with Crippen molar-refractivity contribution >= 4 is 5.91 Å². The van der Waals surface area contributed by atoms with Crippen LogP contribution in [0.1, 0.15) is 65.9 Å². The van der Waals surface area contributed by atoms with Gasteiger partial charge in [-0.25, -0.2) is 0 Å². The first-order chi connectivity index (χ1) is 13.6. The Bertz CT molecular complexity index is 613. The van der Waals surface area contributed by atoms with Crippen molar-refractivity contribution < 1.29 is 9.53 Å². The van der Waals surface area contributed by atoms with Crippen molar-refractivity contribution in [3.8, 4) is 5.75 Å². The molecule has 1 aromatic carbocycles. The summed E-state index contributed by atoms with van der Waals surface area (Å²) in [5.41, 5.74) is 1.43. The minimum Gasteiger partial charge on any atom is -0.494 e. The molecule has 29 heavy (non-hydrogen) atoms. The fourth-order valence-electron chi connectivity index (χ4n) is 3.93. The van der Waals surface area contributed by atoms with Crippen molar-refractivity contribution in [1.29, 1.82) is 0 Å². The minimum absolute atomic E-state index is 0.145. The number of likely N-dealkylation sites (tertiary alicyclic amines) is 1. The monoisotopic (exact) mass is 402 g/mol. The molecule has 2 rings (SSSR count). The number of amides is 1. The number of ether oxygens (including phenoxy) is 1. The van der Waals surface area contributed by atoms with Crippen LogP contribution in [0.5, 0.6) is 5.75 Å². The second kappa shape index (κ2) is 11.0. The van der Waals surface area contributed by atoms with Crippen LogP contribution in [0.3, 0.4) is 0 Å². The molecule has 0 unspecified atom stereocenters. The second-order valence-electron chi connectivity index (χ2n) is 10.4. The first-order valence-electron chi connectivity index (χ1n) is 11.3. The molecule has 0 atom stereocenters. The van der Waals surface area contributed by atoms with Crippen LogP contribution in [-0.4, -0.2) is 49.0 Å². The molecule has 1 saturated heterocycles. The van der Waals surface area contributed by atoms with E-state index in [0.29, 0.717) is 0 Å². The molecule has 1 aliphatic heterocycles. The van der Waals surface area contributed by atoms with Crippen molar-refractivity contribution in [3.63, 3.8) is 0 Å². The second-order valence-corrected chi connectivity index (χ2v) is 10.4. The molecule has 1 heterocycles. The molecule has 0 spiro atoms. The highest BCUT2D eigenvalue weighted by atomic mass is 16.5. The van der Waals surface area contributed by atoms with Gasteiger partial charge in [0.05, 0.1) is 12.5 Å². The smallest absolute Gasteiger partial charge is 0.228 e. The van der Waals surface area contributed by atoms with Crippen LogP contribution in [-0.2, 0) is 11.3 Å². The van der Waals surface area contributed by atoms with Crippen LogP contribution in [0.15, 0.2) is 24.3 Å². The number of hydrogen-bond acceptors (Lipinski definition) is 3. The summed E-state index contributed by atoms with van der Waals surface area (Å²) in [7, 11) is 1.93. The molecule has 0 saturated carbocycles. The molecule has 0 radical (unpaired) electrons. The molecule has 164 valence electrons. The normalized spacial score (nSPS) is 15.4. The quantitative estimate of drug-likeness (QED) is 0.476. The van der Waals surface area contributed by atoms with E-state index in [4.69, 9.17) is 4.74 Å². The van der Waals surface area contributed by atoms with Gasteiger partial charge in [0.1, 0.15) is 5.75 Å². The Morgan fingerprint density at radius 3 is 2.38 bits per heavy atom. The first kappa shape index (κ1) is 23.7. The fourth-order valence-corrected chi connectivity index (χ4v) is 3.93. The van der Waals surface area contributed by atoms with Crippen LogP contribution < -0.4 is 4.74 Å². The standard InChI is InChI=1S/C25H42N2O2/c1-20(2)10-8-7-9-15-29-23-13-11-21(12-14-23)16-27-17-22(18-27)24(28)26(6)19-25(3,4)5/h11-14,20,22H,7-10,15-19H2,1-6H3. The number of benzene rings is 1. The first-order valence-corrected chi connectivity index (χ1v) is 11.3. The van der Waals surface area contributed by atoms with Crippen molar-refractivity contribution in [2.75, 3.05) is 33.3 Å². The number of unbranched alkanes of at least 4 members (excludes halogenated alkanes) is 2. The third kappa shape index (κ3) is 8.77. The number of carbonyl (C=O) groups is 1. The number of nitrogens with zero attached hydrogens (tertiary/aromatic N) is 2. The SMILES string of the molecule is CC(C)CCCCCOc1ccc(CN2CC(C(=O)N(C)CC(C)(C)C)C2)cc1. The molecule has 1 fully saturated rings. The number of hydrogen-bond donors (Lipinski definition) is 0. The van der Waals surface area contributed by atoms with E-state index in [-0.39, 0.29) is 17.2 Å². The minimum atomic E-state index is 0.145. The predicted molar refractivity (Wildman–Crippen MR) is 121 cm³/mol. The molecule has 1 amide bonds. The Labute approximate surface area is 178 Å². The van der Waals surface area contributed by atoms with Gasteiger partial charge in [0.25, 0.3) is 0 Å². The molecule has 1 aromatic rings.